The van der Waals surface area contributed by atoms with Crippen molar-refractivity contribution in [1.82, 2.24) is 0 Å². The largest absolute Gasteiger partial charge is 0.496 e. The van der Waals surface area contributed by atoms with Crippen molar-refractivity contribution >= 4 is 15.8 Å². The minimum Gasteiger partial charge on any atom is -0.496 e. The summed E-state index contributed by atoms with van der Waals surface area (Å²) < 4.78 is 28.2. The van der Waals surface area contributed by atoms with E-state index in [1.54, 1.807) is 24.3 Å². The number of benzene rings is 1. The summed E-state index contributed by atoms with van der Waals surface area (Å²) in [6, 6.07) is 6.86. The van der Waals surface area contributed by atoms with E-state index in [0.717, 1.165) is 0 Å². The van der Waals surface area contributed by atoms with Gasteiger partial charge in [-0.3, -0.25) is 4.79 Å². The molecule has 19 heavy (non-hydrogen) atoms. The monoisotopic (exact) mass is 284 g/mol. The lowest BCUT2D eigenvalue weighted by Gasteiger charge is -2.20. The number of sulfone groups is 1. The number of ether oxygens (including phenoxy) is 1. The van der Waals surface area contributed by atoms with Crippen molar-refractivity contribution in [2.75, 3.05) is 18.6 Å². The highest BCUT2D eigenvalue weighted by atomic mass is 32.2. The smallest absolute Gasteiger partial charge is 0.311 e. The van der Waals surface area contributed by atoms with Crippen LogP contribution in [0.15, 0.2) is 24.3 Å². The van der Waals surface area contributed by atoms with E-state index in [-0.39, 0.29) is 11.5 Å². The van der Waals surface area contributed by atoms with Crippen molar-refractivity contribution < 1.29 is 23.1 Å². The maximum atomic E-state index is 11.5. The molecule has 0 bridgehead atoms. The zero-order valence-corrected chi connectivity index (χ0v) is 11.4. The molecule has 1 aromatic carbocycles. The molecule has 2 rings (SSSR count). The number of carbonyl (C=O) groups is 1. The van der Waals surface area contributed by atoms with Gasteiger partial charge in [0.05, 0.1) is 24.5 Å². The van der Waals surface area contributed by atoms with Crippen LogP contribution in [-0.4, -0.2) is 38.1 Å². The average molecular weight is 284 g/mol. The third-order valence-corrected chi connectivity index (χ3v) is 5.27. The maximum absolute atomic E-state index is 11.5. The van der Waals surface area contributed by atoms with Gasteiger partial charge in [0.2, 0.25) is 0 Å². The van der Waals surface area contributed by atoms with Crippen molar-refractivity contribution in [3.8, 4) is 5.75 Å². The lowest BCUT2D eigenvalue weighted by molar-refractivity contribution is -0.140. The van der Waals surface area contributed by atoms with Crippen LogP contribution >= 0.6 is 0 Å². The molecule has 0 amide bonds. The molecule has 5 nitrogen and oxygen atoms in total. The molecular formula is C13H16O5S. The molecule has 1 N–H and O–H groups in total. The Labute approximate surface area is 112 Å². The Morgan fingerprint density at radius 2 is 2.11 bits per heavy atom. The molecule has 0 aliphatic carbocycles. The Hall–Kier alpha value is -1.56. The zero-order valence-electron chi connectivity index (χ0n) is 10.6. The first kappa shape index (κ1) is 13.9. The summed E-state index contributed by atoms with van der Waals surface area (Å²) in [5.74, 6) is -1.75. The molecule has 2 unspecified atom stereocenters. The number of carboxylic acid groups (broad SMARTS) is 1. The number of methoxy groups -OCH3 is 1. The fourth-order valence-electron chi connectivity index (χ4n) is 2.60. The first-order valence-corrected chi connectivity index (χ1v) is 7.83. The second kappa shape index (κ2) is 5.21. The van der Waals surface area contributed by atoms with Crippen molar-refractivity contribution in [3.05, 3.63) is 29.8 Å². The Morgan fingerprint density at radius 1 is 1.42 bits per heavy atom. The summed E-state index contributed by atoms with van der Waals surface area (Å²) in [7, 11) is -1.63. The molecule has 1 aromatic rings. The number of aliphatic carboxylic acids is 1. The number of rotatable bonds is 4. The van der Waals surface area contributed by atoms with E-state index >= 15 is 0 Å². The zero-order chi connectivity index (χ0) is 14.0. The number of hydrogen-bond acceptors (Lipinski definition) is 4. The van der Waals surface area contributed by atoms with E-state index in [0.29, 0.717) is 17.7 Å². The Bertz CT molecular complexity index is 578. The third kappa shape index (κ3) is 2.89. The lowest BCUT2D eigenvalue weighted by Crippen LogP contribution is -2.23. The molecule has 1 aliphatic rings. The first-order valence-electron chi connectivity index (χ1n) is 6.01. The number of para-hydroxylation sites is 1. The van der Waals surface area contributed by atoms with Crippen LogP contribution in [0.2, 0.25) is 0 Å². The quantitative estimate of drug-likeness (QED) is 0.901. The molecular weight excluding hydrogens is 268 g/mol. The fraction of sp³-hybridized carbons (Fsp3) is 0.462. The normalized spacial score (nSPS) is 22.9. The van der Waals surface area contributed by atoms with Crippen LogP contribution in [-0.2, 0) is 14.6 Å². The topological polar surface area (TPSA) is 80.7 Å². The van der Waals surface area contributed by atoms with Crippen molar-refractivity contribution in [2.24, 2.45) is 5.92 Å². The van der Waals surface area contributed by atoms with Crippen LogP contribution in [0.3, 0.4) is 0 Å². The standard InChI is InChI=1S/C13H16O5S/c1-18-11-5-3-2-4-10(11)12(13(14)15)9-6-7-19(16,17)8-9/h2-5,9,12H,6-8H2,1H3,(H,14,15). The summed E-state index contributed by atoms with van der Waals surface area (Å²) in [4.78, 5) is 11.5. The van der Waals surface area contributed by atoms with Gasteiger partial charge in [-0.25, -0.2) is 8.42 Å². The molecule has 1 saturated heterocycles. The van der Waals surface area contributed by atoms with Crippen LogP contribution in [0.4, 0.5) is 0 Å². The van der Waals surface area contributed by atoms with Gasteiger partial charge in [-0.1, -0.05) is 18.2 Å². The van der Waals surface area contributed by atoms with Gasteiger partial charge in [-0.05, 0) is 18.4 Å². The van der Waals surface area contributed by atoms with Crippen molar-refractivity contribution in [1.29, 1.82) is 0 Å². The van der Waals surface area contributed by atoms with Gasteiger partial charge in [-0.2, -0.15) is 0 Å². The average Bonchev–Trinajstić information content (AvgIpc) is 2.70. The van der Waals surface area contributed by atoms with Gasteiger partial charge in [0.1, 0.15) is 5.75 Å². The Balaban J connectivity index is 2.39. The summed E-state index contributed by atoms with van der Waals surface area (Å²) in [6.07, 6.45) is 0.386. The van der Waals surface area contributed by atoms with Crippen LogP contribution in [0, 0.1) is 5.92 Å². The summed E-state index contributed by atoms with van der Waals surface area (Å²) in [5, 5.41) is 9.43. The molecule has 1 fully saturated rings. The molecule has 0 spiro atoms. The molecule has 0 radical (unpaired) electrons. The predicted molar refractivity (Wildman–Crippen MR) is 70.1 cm³/mol. The summed E-state index contributed by atoms with van der Waals surface area (Å²) in [5.41, 5.74) is 0.541. The highest BCUT2D eigenvalue weighted by Crippen LogP contribution is 2.37. The summed E-state index contributed by atoms with van der Waals surface area (Å²) >= 11 is 0. The van der Waals surface area contributed by atoms with Gasteiger partial charge in [0.25, 0.3) is 0 Å². The van der Waals surface area contributed by atoms with Gasteiger partial charge in [0, 0.05) is 5.56 Å². The second-order valence-corrected chi connectivity index (χ2v) is 6.95. The van der Waals surface area contributed by atoms with Gasteiger partial charge in [-0.15, -0.1) is 0 Å². The molecule has 1 aliphatic heterocycles. The van der Waals surface area contributed by atoms with Gasteiger partial charge < -0.3 is 9.84 Å². The third-order valence-electron chi connectivity index (χ3n) is 3.48. The van der Waals surface area contributed by atoms with Crippen LogP contribution in [0.1, 0.15) is 17.9 Å². The van der Waals surface area contributed by atoms with Crippen LogP contribution < -0.4 is 4.74 Å². The van der Waals surface area contributed by atoms with E-state index in [2.05, 4.69) is 0 Å². The van der Waals surface area contributed by atoms with E-state index in [1.807, 2.05) is 0 Å². The summed E-state index contributed by atoms with van der Waals surface area (Å²) in [6.45, 7) is 0. The number of hydrogen-bond donors (Lipinski definition) is 1. The molecule has 6 heteroatoms. The van der Waals surface area contributed by atoms with Gasteiger partial charge >= 0.3 is 5.97 Å². The highest BCUT2D eigenvalue weighted by Gasteiger charge is 2.39. The SMILES string of the molecule is COc1ccccc1C(C(=O)O)C1CCS(=O)(=O)C1. The number of carboxylic acids is 1. The molecule has 0 aromatic heterocycles. The Kier molecular flexibility index (Phi) is 3.80. The lowest BCUT2D eigenvalue weighted by atomic mass is 9.85. The van der Waals surface area contributed by atoms with Crippen LogP contribution in [0.5, 0.6) is 5.75 Å². The minimum atomic E-state index is -3.11. The van der Waals surface area contributed by atoms with Crippen LogP contribution in [0.25, 0.3) is 0 Å². The van der Waals surface area contributed by atoms with E-state index in [1.165, 1.54) is 7.11 Å². The minimum absolute atomic E-state index is 0.0661. The highest BCUT2D eigenvalue weighted by molar-refractivity contribution is 7.91. The van der Waals surface area contributed by atoms with Crippen molar-refractivity contribution in [2.45, 2.75) is 12.3 Å². The predicted octanol–water partition coefficient (Wildman–Crippen LogP) is 1.30. The molecule has 0 saturated carbocycles. The molecule has 1 heterocycles. The second-order valence-electron chi connectivity index (χ2n) is 4.72. The van der Waals surface area contributed by atoms with Gasteiger partial charge in [0.15, 0.2) is 9.84 Å². The molecule has 104 valence electrons. The fourth-order valence-corrected chi connectivity index (χ4v) is 4.44. The van der Waals surface area contributed by atoms with E-state index in [4.69, 9.17) is 4.74 Å². The first-order chi connectivity index (χ1) is 8.94. The van der Waals surface area contributed by atoms with E-state index < -0.39 is 27.6 Å². The van der Waals surface area contributed by atoms with E-state index in [9.17, 15) is 18.3 Å². The molecule has 2 atom stereocenters. The van der Waals surface area contributed by atoms with Crippen molar-refractivity contribution in [3.63, 3.8) is 0 Å². The Morgan fingerprint density at radius 3 is 2.63 bits per heavy atom. The maximum Gasteiger partial charge on any atom is 0.311 e.